The summed E-state index contributed by atoms with van der Waals surface area (Å²) in [6, 6.07) is 0. The number of phosphoric ester groups is 1. The number of piperidine rings is 1. The van der Waals surface area contributed by atoms with E-state index in [1.165, 1.54) is 70.6 Å². The summed E-state index contributed by atoms with van der Waals surface area (Å²) >= 11 is 0. The molecule has 3 unspecified atom stereocenters. The van der Waals surface area contributed by atoms with Crippen LogP contribution in [0.2, 0.25) is 0 Å². The number of hydrogen-bond acceptors (Lipinski definition) is 6. The number of carbonyl (C=O) groups excluding carboxylic acids is 1. The number of phosphoric acid groups is 1. The van der Waals surface area contributed by atoms with Crippen LogP contribution in [0.4, 0.5) is 0 Å². The van der Waals surface area contributed by atoms with Gasteiger partial charge in [0.15, 0.2) is 0 Å². The molecule has 0 aromatic rings. The Morgan fingerprint density at radius 2 is 1.37 bits per heavy atom. The summed E-state index contributed by atoms with van der Waals surface area (Å²) in [6.45, 7) is 6.82. The topological polar surface area (TPSA) is 84.9 Å². The highest BCUT2D eigenvalue weighted by molar-refractivity contribution is 7.45. The van der Waals surface area contributed by atoms with E-state index in [0.717, 1.165) is 38.6 Å². The second kappa shape index (κ2) is 19.6. The number of ether oxygens (including phenoxy) is 1. The van der Waals surface area contributed by atoms with Crippen LogP contribution in [-0.2, 0) is 23.1 Å². The van der Waals surface area contributed by atoms with Gasteiger partial charge in [0.05, 0.1) is 33.4 Å². The van der Waals surface area contributed by atoms with E-state index in [4.69, 9.17) is 13.8 Å². The van der Waals surface area contributed by atoms with Crippen LogP contribution < -0.4 is 4.89 Å². The summed E-state index contributed by atoms with van der Waals surface area (Å²) in [4.78, 5) is 24.1. The number of quaternary nitrogens is 1. The number of esters is 1. The molecule has 1 heterocycles. The van der Waals surface area contributed by atoms with Crippen molar-refractivity contribution in [1.29, 1.82) is 0 Å². The second-order valence-corrected chi connectivity index (χ2v) is 12.0. The molecule has 1 aliphatic heterocycles. The van der Waals surface area contributed by atoms with Crippen molar-refractivity contribution in [2.75, 3.05) is 46.5 Å². The quantitative estimate of drug-likeness (QED) is 0.0713. The minimum Gasteiger partial charge on any atom is -0.756 e. The molecule has 0 amide bonds. The minimum absolute atomic E-state index is 0.0750. The van der Waals surface area contributed by atoms with Gasteiger partial charge in [0, 0.05) is 0 Å². The number of unbranched alkanes of at least 4 members (excludes halogenated alkanes) is 13. The molecular formula is C27H54NO6P. The van der Waals surface area contributed by atoms with Gasteiger partial charge < -0.3 is 23.2 Å². The van der Waals surface area contributed by atoms with Crippen LogP contribution in [-0.4, -0.2) is 57.0 Å². The highest BCUT2D eigenvalue weighted by Gasteiger charge is 2.35. The Kier molecular flexibility index (Phi) is 18.3. The number of carbonyl (C=O) groups is 1. The lowest BCUT2D eigenvalue weighted by Crippen LogP contribution is -2.54. The van der Waals surface area contributed by atoms with Gasteiger partial charge in [-0.25, -0.2) is 0 Å². The summed E-state index contributed by atoms with van der Waals surface area (Å²) < 4.78 is 28.0. The fourth-order valence-electron chi connectivity index (χ4n) is 4.97. The maximum Gasteiger partial charge on any atom is 0.314 e. The van der Waals surface area contributed by atoms with Gasteiger partial charge in [-0.05, 0) is 26.2 Å². The maximum absolute atomic E-state index is 12.1. The smallest absolute Gasteiger partial charge is 0.314 e. The predicted molar refractivity (Wildman–Crippen MR) is 140 cm³/mol. The standard InChI is InChI=1S/C27H54NO6P/c1-4-6-7-8-9-10-11-12-13-14-15-16-17-18-23-33-35(30,31)34-24-22-28(3)21-19-20-26(25-28)27(29)32-5-2/h26H,4-25H2,1-3H3. The molecule has 8 heteroatoms. The molecule has 1 aliphatic rings. The predicted octanol–water partition coefficient (Wildman–Crippen LogP) is 6.39. The third-order valence-electron chi connectivity index (χ3n) is 7.16. The first-order valence-electron chi connectivity index (χ1n) is 14.4. The van der Waals surface area contributed by atoms with Crippen molar-refractivity contribution in [2.24, 2.45) is 5.92 Å². The molecule has 0 aromatic carbocycles. The van der Waals surface area contributed by atoms with Crippen molar-refractivity contribution in [3.05, 3.63) is 0 Å². The van der Waals surface area contributed by atoms with Crippen LogP contribution in [0.5, 0.6) is 0 Å². The van der Waals surface area contributed by atoms with E-state index >= 15 is 0 Å². The Morgan fingerprint density at radius 3 is 1.91 bits per heavy atom. The van der Waals surface area contributed by atoms with Crippen molar-refractivity contribution in [1.82, 2.24) is 0 Å². The Bertz CT molecular complexity index is 590. The van der Waals surface area contributed by atoms with Gasteiger partial charge in [-0.1, -0.05) is 90.4 Å². The Balaban J connectivity index is 2.00. The van der Waals surface area contributed by atoms with Crippen molar-refractivity contribution in [3.63, 3.8) is 0 Å². The maximum atomic E-state index is 12.1. The summed E-state index contributed by atoms with van der Waals surface area (Å²) in [5.74, 6) is -0.271. The summed E-state index contributed by atoms with van der Waals surface area (Å²) in [7, 11) is -2.23. The molecule has 7 nitrogen and oxygen atoms in total. The second-order valence-electron chi connectivity index (χ2n) is 10.6. The molecule has 0 aromatic heterocycles. The zero-order valence-electron chi connectivity index (χ0n) is 23.0. The summed E-state index contributed by atoms with van der Waals surface area (Å²) in [5, 5.41) is 0. The van der Waals surface area contributed by atoms with Crippen LogP contribution >= 0.6 is 7.82 Å². The normalized spacial score (nSPS) is 22.1. The summed E-state index contributed by atoms with van der Waals surface area (Å²) in [6.07, 6.45) is 19.4. The van der Waals surface area contributed by atoms with E-state index in [0.29, 0.717) is 24.2 Å². The van der Waals surface area contributed by atoms with Gasteiger partial charge in [0.2, 0.25) is 0 Å². The molecule has 3 atom stereocenters. The van der Waals surface area contributed by atoms with Crippen LogP contribution in [0.25, 0.3) is 0 Å². The van der Waals surface area contributed by atoms with Crippen molar-refractivity contribution in [2.45, 2.75) is 117 Å². The largest absolute Gasteiger partial charge is 0.756 e. The number of nitrogens with zero attached hydrogens (tertiary/aromatic N) is 1. The number of rotatable bonds is 22. The first kappa shape index (κ1) is 32.6. The fraction of sp³-hybridized carbons (Fsp3) is 0.963. The van der Waals surface area contributed by atoms with Crippen molar-refractivity contribution >= 4 is 13.8 Å². The molecule has 0 N–H and O–H groups in total. The highest BCUT2D eigenvalue weighted by atomic mass is 31.2. The fourth-order valence-corrected chi connectivity index (χ4v) is 5.71. The van der Waals surface area contributed by atoms with Crippen LogP contribution in [0.3, 0.4) is 0 Å². The molecule has 0 saturated carbocycles. The monoisotopic (exact) mass is 519 g/mol. The van der Waals surface area contributed by atoms with Gasteiger partial charge in [-0.15, -0.1) is 0 Å². The highest BCUT2D eigenvalue weighted by Crippen LogP contribution is 2.38. The van der Waals surface area contributed by atoms with Gasteiger partial charge in [0.25, 0.3) is 7.82 Å². The Labute approximate surface area is 215 Å². The molecule has 0 spiro atoms. The molecule has 0 aliphatic carbocycles. The van der Waals surface area contributed by atoms with E-state index in [9.17, 15) is 14.3 Å². The average molecular weight is 520 g/mol. The summed E-state index contributed by atoms with van der Waals surface area (Å²) in [5.41, 5.74) is 0. The van der Waals surface area contributed by atoms with E-state index in [2.05, 4.69) is 6.92 Å². The van der Waals surface area contributed by atoms with Gasteiger partial charge in [-0.2, -0.15) is 0 Å². The van der Waals surface area contributed by atoms with Crippen LogP contribution in [0.15, 0.2) is 0 Å². The lowest BCUT2D eigenvalue weighted by atomic mass is 9.96. The Hall–Kier alpha value is -0.460. The Morgan fingerprint density at radius 1 is 0.857 bits per heavy atom. The van der Waals surface area contributed by atoms with Gasteiger partial charge in [-0.3, -0.25) is 9.36 Å². The first-order chi connectivity index (χ1) is 16.8. The zero-order valence-corrected chi connectivity index (χ0v) is 23.9. The van der Waals surface area contributed by atoms with Gasteiger partial charge >= 0.3 is 5.97 Å². The lowest BCUT2D eigenvalue weighted by Gasteiger charge is -2.40. The van der Waals surface area contributed by atoms with E-state index < -0.39 is 7.82 Å². The van der Waals surface area contributed by atoms with Crippen molar-refractivity contribution in [3.8, 4) is 0 Å². The third-order valence-corrected chi connectivity index (χ3v) is 8.16. The number of likely N-dealkylation sites (tertiary alicyclic amines) is 1. The molecular weight excluding hydrogens is 465 g/mol. The van der Waals surface area contributed by atoms with Crippen LogP contribution in [0.1, 0.15) is 117 Å². The van der Waals surface area contributed by atoms with Crippen LogP contribution in [0, 0.1) is 5.92 Å². The molecule has 35 heavy (non-hydrogen) atoms. The SMILES string of the molecule is CCCCCCCCCCCCCCCCOP(=O)([O-])OCC[N+]1(C)CCCC(C(=O)OCC)C1. The van der Waals surface area contributed by atoms with E-state index in [-0.39, 0.29) is 25.1 Å². The molecule has 1 saturated heterocycles. The molecule has 0 bridgehead atoms. The minimum atomic E-state index is -4.27. The zero-order chi connectivity index (χ0) is 25.8. The van der Waals surface area contributed by atoms with Crippen molar-refractivity contribution < 1.29 is 32.5 Å². The molecule has 0 radical (unpaired) electrons. The molecule has 1 rings (SSSR count). The van der Waals surface area contributed by atoms with E-state index in [1.54, 1.807) is 0 Å². The van der Waals surface area contributed by atoms with E-state index in [1.807, 2.05) is 14.0 Å². The molecule has 208 valence electrons. The number of likely N-dealkylation sites (N-methyl/N-ethyl adjacent to an activating group) is 1. The first-order valence-corrected chi connectivity index (χ1v) is 15.9. The third kappa shape index (κ3) is 16.8. The lowest BCUT2D eigenvalue weighted by molar-refractivity contribution is -0.916. The van der Waals surface area contributed by atoms with Gasteiger partial charge in [0.1, 0.15) is 19.1 Å². The average Bonchev–Trinajstić information content (AvgIpc) is 2.81. The molecule has 1 fully saturated rings. The number of hydrogen-bond donors (Lipinski definition) is 0.